The molecule has 0 atom stereocenters. The van der Waals surface area contributed by atoms with Crippen LogP contribution in [-0.2, 0) is 14.3 Å². The highest BCUT2D eigenvalue weighted by atomic mass is 19.3. The zero-order valence-corrected chi connectivity index (χ0v) is 9.77. The summed E-state index contributed by atoms with van der Waals surface area (Å²) in [5, 5.41) is 0. The predicted octanol–water partition coefficient (Wildman–Crippen LogP) is 1.25. The summed E-state index contributed by atoms with van der Waals surface area (Å²) in [7, 11) is 0. The van der Waals surface area contributed by atoms with Crippen LogP contribution in [0.5, 0.6) is 0 Å². The predicted molar refractivity (Wildman–Crippen MR) is 55.6 cm³/mol. The highest BCUT2D eigenvalue weighted by Crippen LogP contribution is 2.33. The number of hydrogen-bond donors (Lipinski definition) is 0. The molecule has 0 unspecified atom stereocenters. The lowest BCUT2D eigenvalue weighted by Crippen LogP contribution is -2.58. The second-order valence-electron chi connectivity index (χ2n) is 4.51. The Labute approximate surface area is 98.9 Å². The van der Waals surface area contributed by atoms with Gasteiger partial charge in [0, 0.05) is 25.6 Å². The average Bonchev–Trinajstić information content (AvgIpc) is 2.14. The number of hydrogen-bond acceptors (Lipinski definition) is 3. The van der Waals surface area contributed by atoms with Crippen molar-refractivity contribution in [1.82, 2.24) is 4.90 Å². The van der Waals surface area contributed by atoms with Crippen molar-refractivity contribution in [2.45, 2.75) is 38.6 Å². The normalized spacial score (nSPS) is 29.1. The van der Waals surface area contributed by atoms with E-state index in [1.54, 1.807) is 4.90 Å². The van der Waals surface area contributed by atoms with Crippen LogP contribution in [0.25, 0.3) is 0 Å². The number of likely N-dealkylation sites (tertiary alicyclic amines) is 1. The summed E-state index contributed by atoms with van der Waals surface area (Å²) in [6.07, 6.45) is 1.21. The van der Waals surface area contributed by atoms with Gasteiger partial charge in [-0.05, 0) is 19.8 Å². The molecule has 0 aromatic rings. The van der Waals surface area contributed by atoms with Crippen molar-refractivity contribution >= 4 is 5.91 Å². The van der Waals surface area contributed by atoms with Crippen LogP contribution in [0.2, 0.25) is 0 Å². The fourth-order valence-electron chi connectivity index (χ4n) is 2.25. The van der Waals surface area contributed by atoms with E-state index in [1.807, 2.05) is 6.92 Å². The van der Waals surface area contributed by atoms with Crippen LogP contribution in [0.4, 0.5) is 8.78 Å². The molecule has 1 aliphatic carbocycles. The number of carbonyl (C=O) groups excluding carboxylic acids is 1. The maximum absolute atomic E-state index is 11.9. The van der Waals surface area contributed by atoms with E-state index in [0.29, 0.717) is 19.7 Å². The van der Waals surface area contributed by atoms with Gasteiger partial charge >= 0.3 is 6.61 Å². The van der Waals surface area contributed by atoms with E-state index in [1.165, 1.54) is 0 Å². The lowest BCUT2D eigenvalue weighted by atomic mass is 9.80. The largest absolute Gasteiger partial charge is 0.378 e. The first kappa shape index (κ1) is 12.7. The summed E-state index contributed by atoms with van der Waals surface area (Å²) in [6.45, 7) is 0.428. The molecule has 2 fully saturated rings. The van der Waals surface area contributed by atoms with Crippen LogP contribution in [0, 0.1) is 5.92 Å². The number of amides is 1. The Hall–Kier alpha value is -0.750. The summed E-state index contributed by atoms with van der Waals surface area (Å²) < 4.78 is 33.4. The quantitative estimate of drug-likeness (QED) is 0.736. The Morgan fingerprint density at radius 2 is 2.00 bits per heavy atom. The Morgan fingerprint density at radius 1 is 1.35 bits per heavy atom. The summed E-state index contributed by atoms with van der Waals surface area (Å²) in [4.78, 5) is 13.4. The number of nitrogens with zero attached hydrogens (tertiary/aromatic N) is 1. The minimum atomic E-state index is -2.75. The molecule has 0 spiro atoms. The molecule has 1 aliphatic heterocycles. The van der Waals surface area contributed by atoms with Crippen molar-refractivity contribution in [3.8, 4) is 0 Å². The van der Waals surface area contributed by atoms with Crippen LogP contribution < -0.4 is 0 Å². The molecule has 17 heavy (non-hydrogen) atoms. The number of alkyl halides is 2. The molecule has 98 valence electrons. The average molecular weight is 249 g/mol. The highest BCUT2D eigenvalue weighted by molar-refractivity contribution is 5.80. The van der Waals surface area contributed by atoms with E-state index < -0.39 is 12.7 Å². The van der Waals surface area contributed by atoms with Crippen LogP contribution in [0.15, 0.2) is 0 Å². The molecule has 0 aromatic heterocycles. The van der Waals surface area contributed by atoms with Gasteiger partial charge in [0.1, 0.15) is 0 Å². The minimum Gasteiger partial charge on any atom is -0.378 e. The Bertz CT molecular complexity index is 276. The smallest absolute Gasteiger partial charge is 0.345 e. The third-order valence-corrected chi connectivity index (χ3v) is 3.30. The second-order valence-corrected chi connectivity index (χ2v) is 4.51. The van der Waals surface area contributed by atoms with E-state index in [0.717, 1.165) is 12.8 Å². The molecule has 1 saturated heterocycles. The number of carbonyl (C=O) groups is 1. The first-order chi connectivity index (χ1) is 8.10. The molecule has 2 rings (SSSR count). The highest BCUT2D eigenvalue weighted by Gasteiger charge is 2.41. The zero-order valence-electron chi connectivity index (χ0n) is 9.77. The monoisotopic (exact) mass is 249 g/mol. The standard InChI is InChI=1S/C11H17F2NO3/c1-2-16-8-3-7(4-8)10(15)14-5-9(6-14)17-11(12)13/h7-9,11H,2-6H2,1H3. The minimum absolute atomic E-state index is 0.0130. The third kappa shape index (κ3) is 2.93. The molecule has 1 heterocycles. The number of halogens is 2. The third-order valence-electron chi connectivity index (χ3n) is 3.30. The molecular formula is C11H17F2NO3. The lowest BCUT2D eigenvalue weighted by molar-refractivity contribution is -0.202. The van der Waals surface area contributed by atoms with Gasteiger partial charge in [0.15, 0.2) is 0 Å². The van der Waals surface area contributed by atoms with Crippen molar-refractivity contribution in [2.75, 3.05) is 19.7 Å². The lowest BCUT2D eigenvalue weighted by Gasteiger charge is -2.43. The number of ether oxygens (including phenoxy) is 2. The maximum atomic E-state index is 11.9. The maximum Gasteiger partial charge on any atom is 0.345 e. The Morgan fingerprint density at radius 3 is 2.53 bits per heavy atom. The molecule has 1 amide bonds. The van der Waals surface area contributed by atoms with Gasteiger partial charge in [-0.25, -0.2) is 0 Å². The number of rotatable bonds is 5. The van der Waals surface area contributed by atoms with Gasteiger partial charge in [0.25, 0.3) is 0 Å². The van der Waals surface area contributed by atoms with Crippen molar-refractivity contribution in [3.05, 3.63) is 0 Å². The summed E-state index contributed by atoms with van der Waals surface area (Å²) in [5.74, 6) is 0.0640. The van der Waals surface area contributed by atoms with Crippen LogP contribution >= 0.6 is 0 Å². The van der Waals surface area contributed by atoms with Crippen molar-refractivity contribution < 1.29 is 23.0 Å². The Balaban J connectivity index is 1.64. The second kappa shape index (κ2) is 5.27. The van der Waals surface area contributed by atoms with Crippen molar-refractivity contribution in [3.63, 3.8) is 0 Å². The van der Waals surface area contributed by atoms with Gasteiger partial charge in [-0.1, -0.05) is 0 Å². The molecule has 1 saturated carbocycles. The van der Waals surface area contributed by atoms with E-state index in [4.69, 9.17) is 4.74 Å². The molecule has 0 radical (unpaired) electrons. The van der Waals surface area contributed by atoms with Gasteiger partial charge in [-0.3, -0.25) is 4.79 Å². The van der Waals surface area contributed by atoms with Crippen molar-refractivity contribution in [1.29, 1.82) is 0 Å². The van der Waals surface area contributed by atoms with E-state index in [9.17, 15) is 13.6 Å². The fraction of sp³-hybridized carbons (Fsp3) is 0.909. The molecule has 0 bridgehead atoms. The molecular weight excluding hydrogens is 232 g/mol. The van der Waals surface area contributed by atoms with Gasteiger partial charge in [0.2, 0.25) is 5.91 Å². The first-order valence-corrected chi connectivity index (χ1v) is 5.94. The van der Waals surface area contributed by atoms with Crippen LogP contribution in [0.3, 0.4) is 0 Å². The summed E-state index contributed by atoms with van der Waals surface area (Å²) in [6, 6.07) is 0. The fourth-order valence-corrected chi connectivity index (χ4v) is 2.25. The topological polar surface area (TPSA) is 38.8 Å². The van der Waals surface area contributed by atoms with Gasteiger partial charge in [-0.2, -0.15) is 8.78 Å². The van der Waals surface area contributed by atoms with E-state index >= 15 is 0 Å². The summed E-state index contributed by atoms with van der Waals surface area (Å²) in [5.41, 5.74) is 0. The Kier molecular flexibility index (Phi) is 3.93. The summed E-state index contributed by atoms with van der Waals surface area (Å²) >= 11 is 0. The molecule has 0 aromatic carbocycles. The van der Waals surface area contributed by atoms with Crippen LogP contribution in [0.1, 0.15) is 19.8 Å². The molecule has 0 N–H and O–H groups in total. The van der Waals surface area contributed by atoms with E-state index in [-0.39, 0.29) is 17.9 Å². The van der Waals surface area contributed by atoms with Gasteiger partial charge in [0.05, 0.1) is 12.2 Å². The first-order valence-electron chi connectivity index (χ1n) is 5.94. The SMILES string of the molecule is CCOC1CC(C(=O)N2CC(OC(F)F)C2)C1. The van der Waals surface area contributed by atoms with Gasteiger partial charge in [-0.15, -0.1) is 0 Å². The van der Waals surface area contributed by atoms with Crippen LogP contribution in [-0.4, -0.2) is 49.3 Å². The zero-order chi connectivity index (χ0) is 12.4. The van der Waals surface area contributed by atoms with E-state index in [2.05, 4.69) is 4.74 Å². The molecule has 6 heteroatoms. The molecule has 2 aliphatic rings. The van der Waals surface area contributed by atoms with Crippen molar-refractivity contribution in [2.24, 2.45) is 5.92 Å². The van der Waals surface area contributed by atoms with Gasteiger partial charge < -0.3 is 14.4 Å². The molecule has 4 nitrogen and oxygen atoms in total.